The zero-order valence-electron chi connectivity index (χ0n) is 12.2. The second-order valence-corrected chi connectivity index (χ2v) is 7.85. The molecule has 0 spiro atoms. The average Bonchev–Trinajstić information content (AvgIpc) is 3.17. The van der Waals surface area contributed by atoms with Gasteiger partial charge < -0.3 is 9.80 Å². The van der Waals surface area contributed by atoms with Crippen LogP contribution in [0.3, 0.4) is 0 Å². The Morgan fingerprint density at radius 1 is 1.19 bits per heavy atom. The minimum Gasteiger partial charge on any atom is -0.363 e. The lowest BCUT2D eigenvalue weighted by Crippen LogP contribution is -2.48. The van der Waals surface area contributed by atoms with Gasteiger partial charge in [0.1, 0.15) is 0 Å². The van der Waals surface area contributed by atoms with Crippen LogP contribution in [-0.4, -0.2) is 41.6 Å². The number of thiophene rings is 1. The maximum Gasteiger partial charge on any atom is 0.0561 e. The van der Waals surface area contributed by atoms with Gasteiger partial charge in [-0.25, -0.2) is 0 Å². The fourth-order valence-corrected chi connectivity index (χ4v) is 5.25. The van der Waals surface area contributed by atoms with Crippen molar-refractivity contribution in [3.8, 4) is 0 Å². The minimum atomic E-state index is 0.727. The molecule has 2 saturated heterocycles. The summed E-state index contributed by atoms with van der Waals surface area (Å²) in [7, 11) is 0. The SMILES string of the molecule is c1cc2c(N(C3CC3)[C@@H]3C[C@H]4CCN(C4)C3)csc2cn1. The van der Waals surface area contributed by atoms with Crippen LogP contribution < -0.4 is 4.90 Å². The smallest absolute Gasteiger partial charge is 0.0561 e. The van der Waals surface area contributed by atoms with E-state index in [4.69, 9.17) is 0 Å². The van der Waals surface area contributed by atoms with Crippen molar-refractivity contribution in [3.05, 3.63) is 23.8 Å². The number of aromatic nitrogens is 1. The fourth-order valence-electron chi connectivity index (χ4n) is 4.34. The van der Waals surface area contributed by atoms with Crippen molar-refractivity contribution in [3.63, 3.8) is 0 Å². The molecule has 5 rings (SSSR count). The van der Waals surface area contributed by atoms with Crippen LogP contribution in [0.15, 0.2) is 23.8 Å². The number of nitrogens with zero attached hydrogens (tertiary/aromatic N) is 3. The van der Waals surface area contributed by atoms with E-state index in [-0.39, 0.29) is 0 Å². The number of fused-ring (bicyclic) bond motifs is 3. The lowest BCUT2D eigenvalue weighted by molar-refractivity contribution is 0.236. The molecule has 0 N–H and O–H groups in total. The highest BCUT2D eigenvalue weighted by Gasteiger charge is 2.41. The Morgan fingerprint density at radius 3 is 3.00 bits per heavy atom. The summed E-state index contributed by atoms with van der Waals surface area (Å²) in [5, 5.41) is 3.78. The molecule has 4 heterocycles. The first-order chi connectivity index (χ1) is 10.4. The van der Waals surface area contributed by atoms with Crippen LogP contribution in [0.4, 0.5) is 5.69 Å². The number of pyridine rings is 1. The van der Waals surface area contributed by atoms with Gasteiger partial charge in [0.15, 0.2) is 0 Å². The molecule has 3 aliphatic rings. The number of rotatable bonds is 3. The third-order valence-corrected chi connectivity index (χ3v) is 6.33. The summed E-state index contributed by atoms with van der Waals surface area (Å²) in [6.07, 6.45) is 9.53. The lowest BCUT2D eigenvalue weighted by atomic mass is 9.95. The third kappa shape index (κ3) is 2.08. The molecule has 2 aliphatic heterocycles. The lowest BCUT2D eigenvalue weighted by Gasteiger charge is -2.39. The quantitative estimate of drug-likeness (QED) is 0.866. The summed E-state index contributed by atoms with van der Waals surface area (Å²) >= 11 is 1.85. The van der Waals surface area contributed by atoms with Gasteiger partial charge in [-0.15, -0.1) is 11.3 Å². The highest BCUT2D eigenvalue weighted by Crippen LogP contribution is 2.43. The Labute approximate surface area is 129 Å². The van der Waals surface area contributed by atoms with Gasteiger partial charge in [-0.1, -0.05) is 0 Å². The van der Waals surface area contributed by atoms with E-state index in [1.54, 1.807) is 0 Å². The normalized spacial score (nSPS) is 31.7. The van der Waals surface area contributed by atoms with Gasteiger partial charge in [-0.2, -0.15) is 0 Å². The molecule has 3 fully saturated rings. The topological polar surface area (TPSA) is 19.4 Å². The Balaban J connectivity index is 1.54. The van der Waals surface area contributed by atoms with Gasteiger partial charge in [0, 0.05) is 48.3 Å². The van der Waals surface area contributed by atoms with Gasteiger partial charge in [0.25, 0.3) is 0 Å². The Morgan fingerprint density at radius 2 is 2.14 bits per heavy atom. The first-order valence-corrected chi connectivity index (χ1v) is 9.08. The number of piperidine rings is 1. The minimum absolute atomic E-state index is 0.727. The molecule has 21 heavy (non-hydrogen) atoms. The summed E-state index contributed by atoms with van der Waals surface area (Å²) in [5.74, 6) is 0.941. The van der Waals surface area contributed by atoms with Crippen molar-refractivity contribution in [2.45, 2.75) is 37.8 Å². The fraction of sp³-hybridized carbons (Fsp3) is 0.588. The van der Waals surface area contributed by atoms with E-state index in [1.165, 1.54) is 61.1 Å². The molecule has 2 bridgehead atoms. The van der Waals surface area contributed by atoms with Crippen molar-refractivity contribution in [1.29, 1.82) is 0 Å². The number of hydrogen-bond donors (Lipinski definition) is 0. The molecule has 4 heteroatoms. The standard InChI is InChI=1S/C17H21N3S/c1-2-13(1)20(14-7-12-4-6-19(9-12)10-14)16-11-21-17-8-18-5-3-15(16)17/h3,5,8,11-14H,1-2,4,6-7,9-10H2/t12-,14-/m1/s1. The van der Waals surface area contributed by atoms with Crippen LogP contribution in [0.1, 0.15) is 25.7 Å². The molecule has 1 aliphatic carbocycles. The van der Waals surface area contributed by atoms with Crippen molar-refractivity contribution >= 4 is 27.1 Å². The second-order valence-electron chi connectivity index (χ2n) is 6.94. The molecule has 0 aromatic carbocycles. The van der Waals surface area contributed by atoms with E-state index >= 15 is 0 Å². The van der Waals surface area contributed by atoms with Crippen molar-refractivity contribution in [1.82, 2.24) is 9.88 Å². The zero-order valence-corrected chi connectivity index (χ0v) is 13.1. The molecule has 0 radical (unpaired) electrons. The summed E-state index contributed by atoms with van der Waals surface area (Å²) in [6.45, 7) is 3.95. The summed E-state index contributed by atoms with van der Waals surface area (Å²) in [4.78, 5) is 9.74. The van der Waals surface area contributed by atoms with Crippen LogP contribution in [0.2, 0.25) is 0 Å². The molecule has 2 aromatic rings. The first kappa shape index (κ1) is 12.4. The van der Waals surface area contributed by atoms with Crippen LogP contribution >= 0.6 is 11.3 Å². The summed E-state index contributed by atoms with van der Waals surface area (Å²) < 4.78 is 1.33. The maximum atomic E-state index is 4.28. The van der Waals surface area contributed by atoms with Gasteiger partial charge in [-0.05, 0) is 44.2 Å². The van der Waals surface area contributed by atoms with E-state index in [0.717, 1.165) is 18.0 Å². The van der Waals surface area contributed by atoms with E-state index in [2.05, 4.69) is 26.2 Å². The van der Waals surface area contributed by atoms with Crippen molar-refractivity contribution < 1.29 is 0 Å². The summed E-state index contributed by atoms with van der Waals surface area (Å²) in [6, 6.07) is 3.72. The monoisotopic (exact) mass is 299 g/mol. The van der Waals surface area contributed by atoms with E-state index in [9.17, 15) is 0 Å². The highest BCUT2D eigenvalue weighted by atomic mass is 32.1. The predicted octanol–water partition coefficient (Wildman–Crippen LogP) is 3.36. The van der Waals surface area contributed by atoms with Crippen molar-refractivity contribution in [2.24, 2.45) is 5.92 Å². The third-order valence-electron chi connectivity index (χ3n) is 5.41. The second kappa shape index (κ2) is 4.68. The number of hydrogen-bond acceptors (Lipinski definition) is 4. The van der Waals surface area contributed by atoms with Gasteiger partial charge in [-0.3, -0.25) is 4.98 Å². The molecule has 2 aromatic heterocycles. The highest BCUT2D eigenvalue weighted by molar-refractivity contribution is 7.17. The van der Waals surface area contributed by atoms with Crippen LogP contribution in [0.5, 0.6) is 0 Å². The molecule has 0 amide bonds. The van der Waals surface area contributed by atoms with E-state index in [0.29, 0.717) is 0 Å². The Bertz CT molecular complexity index is 651. The van der Waals surface area contributed by atoms with Gasteiger partial charge in [0.05, 0.1) is 10.4 Å². The molecule has 3 atom stereocenters. The van der Waals surface area contributed by atoms with E-state index in [1.807, 2.05) is 23.7 Å². The molecular formula is C17H21N3S. The molecule has 3 nitrogen and oxygen atoms in total. The Kier molecular flexibility index (Phi) is 2.77. The molecule has 1 unspecified atom stereocenters. The van der Waals surface area contributed by atoms with Gasteiger partial charge >= 0.3 is 0 Å². The zero-order chi connectivity index (χ0) is 13.8. The predicted molar refractivity (Wildman–Crippen MR) is 88.1 cm³/mol. The summed E-state index contributed by atoms with van der Waals surface area (Å²) in [5.41, 5.74) is 1.48. The molecule has 110 valence electrons. The van der Waals surface area contributed by atoms with Crippen LogP contribution in [-0.2, 0) is 0 Å². The van der Waals surface area contributed by atoms with E-state index < -0.39 is 0 Å². The first-order valence-electron chi connectivity index (χ1n) is 8.20. The maximum absolute atomic E-state index is 4.28. The van der Waals surface area contributed by atoms with Gasteiger partial charge in [0.2, 0.25) is 0 Å². The number of anilines is 1. The van der Waals surface area contributed by atoms with Crippen molar-refractivity contribution in [2.75, 3.05) is 24.5 Å². The molecule has 1 saturated carbocycles. The largest absolute Gasteiger partial charge is 0.363 e. The Hall–Kier alpha value is -1.13. The van der Waals surface area contributed by atoms with Crippen LogP contribution in [0.25, 0.3) is 10.1 Å². The molecular weight excluding hydrogens is 278 g/mol. The van der Waals surface area contributed by atoms with Crippen LogP contribution in [0, 0.1) is 5.92 Å². The average molecular weight is 299 g/mol.